The third-order valence-electron chi connectivity index (χ3n) is 4.53. The Hall–Kier alpha value is -2.36. The lowest BCUT2D eigenvalue weighted by atomic mass is 10.2. The van der Waals surface area contributed by atoms with Crippen LogP contribution in [0.1, 0.15) is 19.8 Å². The number of thiazole rings is 1. The van der Waals surface area contributed by atoms with Crippen molar-refractivity contribution in [1.82, 2.24) is 4.57 Å². The van der Waals surface area contributed by atoms with Crippen LogP contribution in [0.25, 0.3) is 10.2 Å². The maximum absolute atomic E-state index is 12.3. The van der Waals surface area contributed by atoms with Gasteiger partial charge in [-0.1, -0.05) is 29.0 Å². The molecule has 0 saturated heterocycles. The van der Waals surface area contributed by atoms with Gasteiger partial charge < -0.3 is 5.32 Å². The van der Waals surface area contributed by atoms with Gasteiger partial charge in [0.15, 0.2) is 0 Å². The standard InChI is InChI=1S/C20H22ClN3O4S2/c1-3-23-17-10-9-15(13-18(17)29-20(23)26)22-19(25)8-5-11-24(30(2,27)28)16-7-4-6-14(21)12-16/h4,6-7,9-10,12-13H,3,5,8,11H2,1-2H3,(H,22,25). The van der Waals surface area contributed by atoms with Gasteiger partial charge in [-0.3, -0.25) is 18.5 Å². The zero-order chi connectivity index (χ0) is 21.9. The first-order valence-corrected chi connectivity index (χ1v) is 12.4. The fourth-order valence-corrected chi connectivity index (χ4v) is 5.30. The van der Waals surface area contributed by atoms with Crippen molar-refractivity contribution in [2.24, 2.45) is 0 Å². The highest BCUT2D eigenvalue weighted by Gasteiger charge is 2.18. The molecule has 0 radical (unpaired) electrons. The summed E-state index contributed by atoms with van der Waals surface area (Å²) in [4.78, 5) is 24.3. The Balaban J connectivity index is 1.63. The van der Waals surface area contributed by atoms with Crippen molar-refractivity contribution >= 4 is 60.5 Å². The Morgan fingerprint density at radius 1 is 1.23 bits per heavy atom. The summed E-state index contributed by atoms with van der Waals surface area (Å²) in [5.74, 6) is -0.226. The first-order valence-electron chi connectivity index (χ1n) is 9.35. The van der Waals surface area contributed by atoms with E-state index in [0.717, 1.165) is 27.8 Å². The maximum atomic E-state index is 12.3. The summed E-state index contributed by atoms with van der Waals surface area (Å²) in [7, 11) is -3.51. The lowest BCUT2D eigenvalue weighted by molar-refractivity contribution is -0.116. The Kier molecular flexibility index (Phi) is 6.84. The topological polar surface area (TPSA) is 88.5 Å². The largest absolute Gasteiger partial charge is 0.326 e. The SMILES string of the molecule is CCn1c(=O)sc2cc(NC(=O)CCCN(c3cccc(Cl)c3)S(C)(=O)=O)ccc21. The number of hydrogen-bond acceptors (Lipinski definition) is 5. The van der Waals surface area contributed by atoms with Crippen molar-refractivity contribution in [2.45, 2.75) is 26.3 Å². The molecule has 0 aliphatic heterocycles. The molecule has 30 heavy (non-hydrogen) atoms. The van der Waals surface area contributed by atoms with Gasteiger partial charge in [0.2, 0.25) is 15.9 Å². The number of nitrogens with zero attached hydrogens (tertiary/aromatic N) is 2. The molecule has 10 heteroatoms. The molecule has 1 aromatic heterocycles. The molecule has 3 rings (SSSR count). The van der Waals surface area contributed by atoms with E-state index in [0.29, 0.717) is 29.4 Å². The van der Waals surface area contributed by atoms with E-state index < -0.39 is 10.0 Å². The number of aryl methyl sites for hydroxylation is 1. The number of fused-ring (bicyclic) bond motifs is 1. The maximum Gasteiger partial charge on any atom is 0.308 e. The van der Waals surface area contributed by atoms with Gasteiger partial charge in [0, 0.05) is 30.2 Å². The fourth-order valence-electron chi connectivity index (χ4n) is 3.17. The molecule has 0 atom stereocenters. The third-order valence-corrected chi connectivity index (χ3v) is 6.90. The van der Waals surface area contributed by atoms with E-state index in [2.05, 4.69) is 5.32 Å². The second-order valence-corrected chi connectivity index (χ2v) is 10.1. The number of carbonyl (C=O) groups excluding carboxylic acids is 1. The van der Waals surface area contributed by atoms with Crippen molar-refractivity contribution in [3.8, 4) is 0 Å². The van der Waals surface area contributed by atoms with Crippen LogP contribution < -0.4 is 14.5 Å². The number of sulfonamides is 1. The van der Waals surface area contributed by atoms with E-state index in [1.54, 1.807) is 41.0 Å². The molecule has 0 unspecified atom stereocenters. The van der Waals surface area contributed by atoms with Crippen molar-refractivity contribution in [2.75, 3.05) is 22.4 Å². The van der Waals surface area contributed by atoms with Gasteiger partial charge in [0.1, 0.15) is 0 Å². The first kappa shape index (κ1) is 22.3. The first-order chi connectivity index (χ1) is 14.2. The predicted octanol–water partition coefficient (Wildman–Crippen LogP) is 3.92. The van der Waals surface area contributed by atoms with Crippen LogP contribution in [0.4, 0.5) is 11.4 Å². The molecule has 0 spiro atoms. The number of rotatable bonds is 8. The second-order valence-electron chi connectivity index (χ2n) is 6.76. The summed E-state index contributed by atoms with van der Waals surface area (Å²) in [6.07, 6.45) is 1.61. The van der Waals surface area contributed by atoms with E-state index >= 15 is 0 Å². The summed E-state index contributed by atoms with van der Waals surface area (Å²) in [6.45, 7) is 2.66. The van der Waals surface area contributed by atoms with Gasteiger partial charge in [-0.25, -0.2) is 8.42 Å². The van der Waals surface area contributed by atoms with Crippen LogP contribution in [0.5, 0.6) is 0 Å². The smallest absolute Gasteiger partial charge is 0.308 e. The molecule has 0 aliphatic rings. The number of anilines is 2. The molecule has 0 saturated carbocycles. The summed E-state index contributed by atoms with van der Waals surface area (Å²) < 4.78 is 28.0. The zero-order valence-electron chi connectivity index (χ0n) is 16.6. The molecule has 0 aliphatic carbocycles. The Bertz CT molecular complexity index is 1230. The van der Waals surface area contributed by atoms with E-state index in [4.69, 9.17) is 11.6 Å². The van der Waals surface area contributed by atoms with Crippen molar-refractivity contribution in [1.29, 1.82) is 0 Å². The van der Waals surface area contributed by atoms with E-state index in [9.17, 15) is 18.0 Å². The van der Waals surface area contributed by atoms with Crippen molar-refractivity contribution in [3.63, 3.8) is 0 Å². The highest BCUT2D eigenvalue weighted by Crippen LogP contribution is 2.23. The lowest BCUT2D eigenvalue weighted by Crippen LogP contribution is -2.31. The third kappa shape index (κ3) is 5.21. The number of carbonyl (C=O) groups is 1. The van der Waals surface area contributed by atoms with Gasteiger partial charge in [-0.15, -0.1) is 0 Å². The molecule has 1 N–H and O–H groups in total. The Morgan fingerprint density at radius 2 is 2.00 bits per heavy atom. The number of aromatic nitrogens is 1. The van der Waals surface area contributed by atoms with Crippen LogP contribution in [-0.2, 0) is 21.4 Å². The lowest BCUT2D eigenvalue weighted by Gasteiger charge is -2.22. The molecule has 3 aromatic rings. The Morgan fingerprint density at radius 3 is 2.67 bits per heavy atom. The van der Waals surface area contributed by atoms with Crippen LogP contribution in [0.2, 0.25) is 5.02 Å². The summed E-state index contributed by atoms with van der Waals surface area (Å²) in [6, 6.07) is 11.9. The molecule has 0 bridgehead atoms. The Labute approximate surface area is 183 Å². The zero-order valence-corrected chi connectivity index (χ0v) is 19.0. The predicted molar refractivity (Wildman–Crippen MR) is 123 cm³/mol. The number of hydrogen-bond donors (Lipinski definition) is 1. The van der Waals surface area contributed by atoms with Gasteiger partial charge in [0.05, 0.1) is 22.2 Å². The van der Waals surface area contributed by atoms with E-state index in [1.165, 1.54) is 4.31 Å². The molecule has 2 aromatic carbocycles. The molecular formula is C20H22ClN3O4S2. The minimum atomic E-state index is -3.51. The average Bonchev–Trinajstić information content (AvgIpc) is 2.98. The van der Waals surface area contributed by atoms with Crippen molar-refractivity contribution in [3.05, 3.63) is 57.2 Å². The van der Waals surface area contributed by atoms with Gasteiger partial charge >= 0.3 is 4.87 Å². The van der Waals surface area contributed by atoms with Crippen LogP contribution >= 0.6 is 22.9 Å². The molecule has 7 nitrogen and oxygen atoms in total. The quantitative estimate of drug-likeness (QED) is 0.543. The number of benzene rings is 2. The summed E-state index contributed by atoms with van der Waals surface area (Å²) >= 11 is 7.11. The fraction of sp³-hybridized carbons (Fsp3) is 0.300. The molecule has 1 heterocycles. The van der Waals surface area contributed by atoms with Crippen LogP contribution in [0, 0.1) is 0 Å². The van der Waals surface area contributed by atoms with Crippen molar-refractivity contribution < 1.29 is 13.2 Å². The molecule has 1 amide bonds. The van der Waals surface area contributed by atoms with E-state index in [1.807, 2.05) is 13.0 Å². The molecular weight excluding hydrogens is 446 g/mol. The molecule has 160 valence electrons. The van der Waals surface area contributed by atoms with Gasteiger partial charge in [-0.05, 0) is 49.7 Å². The minimum absolute atomic E-state index is 0.0298. The second kappa shape index (κ2) is 9.20. The van der Waals surface area contributed by atoms with Gasteiger partial charge in [0.25, 0.3) is 0 Å². The van der Waals surface area contributed by atoms with Crippen LogP contribution in [-0.4, -0.2) is 31.7 Å². The number of amides is 1. The normalized spacial score (nSPS) is 11.6. The molecule has 0 fully saturated rings. The summed E-state index contributed by atoms with van der Waals surface area (Å²) in [5, 5.41) is 3.25. The highest BCUT2D eigenvalue weighted by atomic mass is 35.5. The number of nitrogens with one attached hydrogen (secondary N) is 1. The monoisotopic (exact) mass is 467 g/mol. The van der Waals surface area contributed by atoms with Gasteiger partial charge in [-0.2, -0.15) is 0 Å². The summed E-state index contributed by atoms with van der Waals surface area (Å²) in [5.41, 5.74) is 1.91. The number of halogens is 1. The highest BCUT2D eigenvalue weighted by molar-refractivity contribution is 7.92. The van der Waals surface area contributed by atoms with E-state index in [-0.39, 0.29) is 23.7 Å². The minimum Gasteiger partial charge on any atom is -0.326 e. The average molecular weight is 468 g/mol. The van der Waals surface area contributed by atoms with Crippen LogP contribution in [0.3, 0.4) is 0 Å². The van der Waals surface area contributed by atoms with Crippen LogP contribution in [0.15, 0.2) is 47.3 Å².